The fourth-order valence-electron chi connectivity index (χ4n) is 2.16. The molecule has 9 heteroatoms. The van der Waals surface area contributed by atoms with Crippen LogP contribution in [0.4, 0.5) is 0 Å². The Morgan fingerprint density at radius 1 is 1.26 bits per heavy atom. The SMILES string of the molecule is CC1CNCC2(C)OS(=O)(=O)ON2CCNCCN1. The molecule has 0 aromatic heterocycles. The Bertz CT molecular complexity index is 404. The third kappa shape index (κ3) is 4.09. The van der Waals surface area contributed by atoms with Gasteiger partial charge >= 0.3 is 10.4 Å². The minimum absolute atomic E-state index is 0.303. The molecule has 0 aromatic carbocycles. The first-order valence-corrected chi connectivity index (χ1v) is 7.82. The molecule has 2 rings (SSSR count). The van der Waals surface area contributed by atoms with Gasteiger partial charge < -0.3 is 16.0 Å². The van der Waals surface area contributed by atoms with E-state index >= 15 is 0 Å². The second-order valence-electron chi connectivity index (χ2n) is 5.08. The highest BCUT2D eigenvalue weighted by Crippen LogP contribution is 2.28. The van der Waals surface area contributed by atoms with Gasteiger partial charge in [0.2, 0.25) is 0 Å². The van der Waals surface area contributed by atoms with Gasteiger partial charge in [0.25, 0.3) is 0 Å². The monoisotopic (exact) mass is 294 g/mol. The first-order valence-electron chi connectivity index (χ1n) is 6.49. The second kappa shape index (κ2) is 6.00. The quantitative estimate of drug-likeness (QED) is 0.491. The molecule has 0 saturated carbocycles. The van der Waals surface area contributed by atoms with E-state index in [1.807, 2.05) is 0 Å². The number of hydroxylamine groups is 2. The van der Waals surface area contributed by atoms with Crippen LogP contribution in [0.3, 0.4) is 0 Å². The Labute approximate surface area is 114 Å². The molecule has 2 saturated heterocycles. The molecule has 2 fully saturated rings. The fraction of sp³-hybridized carbons (Fsp3) is 1.00. The van der Waals surface area contributed by atoms with Crippen LogP contribution in [0, 0.1) is 0 Å². The van der Waals surface area contributed by atoms with Crippen molar-refractivity contribution in [2.45, 2.75) is 25.6 Å². The van der Waals surface area contributed by atoms with Crippen LogP contribution < -0.4 is 16.0 Å². The highest BCUT2D eigenvalue weighted by molar-refractivity contribution is 7.82. The number of nitrogens with one attached hydrogen (secondary N) is 3. The summed E-state index contributed by atoms with van der Waals surface area (Å²) in [4.78, 5) is 0. The van der Waals surface area contributed by atoms with Gasteiger partial charge in [0.15, 0.2) is 5.72 Å². The molecule has 112 valence electrons. The zero-order valence-corrected chi connectivity index (χ0v) is 12.1. The van der Waals surface area contributed by atoms with Gasteiger partial charge in [-0.1, -0.05) is 0 Å². The number of hydrogen-bond acceptors (Lipinski definition) is 8. The molecular weight excluding hydrogens is 272 g/mol. The molecular formula is C10H22N4O4S. The highest BCUT2D eigenvalue weighted by Gasteiger charge is 2.48. The van der Waals surface area contributed by atoms with Crippen molar-refractivity contribution >= 4 is 10.4 Å². The van der Waals surface area contributed by atoms with E-state index in [0.717, 1.165) is 19.6 Å². The minimum atomic E-state index is -3.93. The van der Waals surface area contributed by atoms with E-state index in [1.165, 1.54) is 5.06 Å². The van der Waals surface area contributed by atoms with Gasteiger partial charge in [-0.05, 0) is 13.8 Å². The van der Waals surface area contributed by atoms with E-state index in [-0.39, 0.29) is 0 Å². The molecule has 0 aliphatic carbocycles. The molecule has 0 radical (unpaired) electrons. The van der Waals surface area contributed by atoms with Crippen LogP contribution >= 0.6 is 0 Å². The fourth-order valence-corrected chi connectivity index (χ4v) is 3.23. The van der Waals surface area contributed by atoms with Crippen molar-refractivity contribution in [1.29, 1.82) is 0 Å². The van der Waals surface area contributed by atoms with Crippen LogP contribution in [0.2, 0.25) is 0 Å². The largest absolute Gasteiger partial charge is 0.418 e. The van der Waals surface area contributed by atoms with E-state index in [0.29, 0.717) is 25.7 Å². The van der Waals surface area contributed by atoms with Gasteiger partial charge in [0.05, 0.1) is 0 Å². The van der Waals surface area contributed by atoms with Crippen LogP contribution in [0.15, 0.2) is 0 Å². The maximum Gasteiger partial charge on any atom is 0.418 e. The number of hydrogen-bond donors (Lipinski definition) is 3. The summed E-state index contributed by atoms with van der Waals surface area (Å²) in [5, 5.41) is 11.2. The molecule has 19 heavy (non-hydrogen) atoms. The summed E-state index contributed by atoms with van der Waals surface area (Å²) in [5.74, 6) is 0. The van der Waals surface area contributed by atoms with Crippen molar-refractivity contribution in [3.63, 3.8) is 0 Å². The summed E-state index contributed by atoms with van der Waals surface area (Å²) in [6.45, 7) is 7.64. The normalized spacial score (nSPS) is 38.1. The summed E-state index contributed by atoms with van der Waals surface area (Å²) < 4.78 is 32.8. The predicted octanol–water partition coefficient (Wildman–Crippen LogP) is -1.62. The number of rotatable bonds is 0. The highest BCUT2D eigenvalue weighted by atomic mass is 32.3. The zero-order valence-electron chi connectivity index (χ0n) is 11.3. The average molecular weight is 294 g/mol. The maximum absolute atomic E-state index is 11.5. The summed E-state index contributed by atoms with van der Waals surface area (Å²) in [5.41, 5.74) is -1.00. The number of nitrogens with zero attached hydrogens (tertiary/aromatic N) is 1. The second-order valence-corrected chi connectivity index (χ2v) is 6.21. The Kier molecular flexibility index (Phi) is 4.77. The van der Waals surface area contributed by atoms with E-state index in [2.05, 4.69) is 22.9 Å². The van der Waals surface area contributed by atoms with Crippen LogP contribution in [0.5, 0.6) is 0 Å². The Morgan fingerprint density at radius 2 is 2.05 bits per heavy atom. The lowest BCUT2D eigenvalue weighted by Crippen LogP contribution is -2.53. The van der Waals surface area contributed by atoms with Crippen LogP contribution in [-0.4, -0.2) is 64.5 Å². The first kappa shape index (κ1) is 15.1. The molecule has 0 spiro atoms. The molecule has 2 heterocycles. The van der Waals surface area contributed by atoms with E-state index < -0.39 is 16.1 Å². The first-order chi connectivity index (χ1) is 8.91. The van der Waals surface area contributed by atoms with Crippen molar-refractivity contribution in [2.75, 3.05) is 39.3 Å². The summed E-state index contributed by atoms with van der Waals surface area (Å²) in [6.07, 6.45) is 0. The lowest BCUT2D eigenvalue weighted by Gasteiger charge is -2.30. The number of fused-ring (bicyclic) bond motifs is 1. The minimum Gasteiger partial charge on any atom is -0.314 e. The summed E-state index contributed by atoms with van der Waals surface area (Å²) in [6, 6.07) is 0.303. The summed E-state index contributed by atoms with van der Waals surface area (Å²) >= 11 is 0. The predicted molar refractivity (Wildman–Crippen MR) is 69.4 cm³/mol. The van der Waals surface area contributed by atoms with Gasteiger partial charge in [-0.2, -0.15) is 12.7 Å². The van der Waals surface area contributed by atoms with Crippen molar-refractivity contribution in [3.05, 3.63) is 0 Å². The summed E-state index contributed by atoms with van der Waals surface area (Å²) in [7, 11) is -3.93. The molecule has 2 aliphatic heterocycles. The van der Waals surface area contributed by atoms with Gasteiger partial charge in [-0.3, -0.25) is 0 Å². The van der Waals surface area contributed by atoms with Crippen molar-refractivity contribution in [2.24, 2.45) is 0 Å². The third-order valence-corrected chi connectivity index (χ3v) is 4.11. The molecule has 2 unspecified atom stereocenters. The van der Waals surface area contributed by atoms with E-state index in [9.17, 15) is 8.42 Å². The van der Waals surface area contributed by atoms with Gasteiger partial charge in [0, 0.05) is 45.3 Å². The smallest absolute Gasteiger partial charge is 0.314 e. The average Bonchev–Trinajstić information content (AvgIpc) is 2.52. The van der Waals surface area contributed by atoms with E-state index in [1.54, 1.807) is 6.92 Å². The topological polar surface area (TPSA) is 91.9 Å². The molecule has 2 aliphatic rings. The maximum atomic E-state index is 11.5. The molecule has 0 bridgehead atoms. The zero-order chi connectivity index (χ0) is 13.9. The Morgan fingerprint density at radius 3 is 2.84 bits per heavy atom. The van der Waals surface area contributed by atoms with Gasteiger partial charge in [-0.25, -0.2) is 4.18 Å². The van der Waals surface area contributed by atoms with Gasteiger partial charge in [0.1, 0.15) is 0 Å². The molecule has 0 amide bonds. The van der Waals surface area contributed by atoms with E-state index in [4.69, 9.17) is 8.47 Å². The van der Waals surface area contributed by atoms with Crippen LogP contribution in [-0.2, 0) is 18.9 Å². The van der Waals surface area contributed by atoms with Crippen LogP contribution in [0.25, 0.3) is 0 Å². The molecule has 2 atom stereocenters. The van der Waals surface area contributed by atoms with Crippen molar-refractivity contribution < 1.29 is 16.9 Å². The Hall–Kier alpha value is -0.290. The van der Waals surface area contributed by atoms with Crippen LogP contribution in [0.1, 0.15) is 13.8 Å². The Balaban J connectivity index is 2.04. The lowest BCUT2D eigenvalue weighted by atomic mass is 10.2. The van der Waals surface area contributed by atoms with Crippen molar-refractivity contribution in [3.8, 4) is 0 Å². The molecule has 0 aromatic rings. The molecule has 3 N–H and O–H groups in total. The third-order valence-electron chi connectivity index (χ3n) is 3.18. The van der Waals surface area contributed by atoms with Gasteiger partial charge in [-0.15, -0.1) is 5.06 Å². The molecule has 8 nitrogen and oxygen atoms in total. The van der Waals surface area contributed by atoms with Crippen molar-refractivity contribution in [1.82, 2.24) is 21.0 Å². The standard InChI is InChI=1S/C10H22N4O4S/c1-9-7-12-8-10(2)14(18-19(15,16)17-10)6-5-11-3-4-13-9/h9,11-13H,3-8H2,1-2H3. The lowest BCUT2D eigenvalue weighted by molar-refractivity contribution is -0.154.